The highest BCUT2D eigenvalue weighted by atomic mass is 19.1. The molecule has 0 aliphatic carbocycles. The lowest BCUT2D eigenvalue weighted by Crippen LogP contribution is -2.44. The molecule has 2 heterocycles. The van der Waals surface area contributed by atoms with Crippen LogP contribution in [0.15, 0.2) is 24.5 Å². The van der Waals surface area contributed by atoms with Crippen molar-refractivity contribution < 1.29 is 13.9 Å². The Morgan fingerprint density at radius 3 is 2.64 bits per heavy atom. The second-order valence-electron chi connectivity index (χ2n) is 5.58. The summed E-state index contributed by atoms with van der Waals surface area (Å²) in [5.74, 6) is -0.298. The van der Waals surface area contributed by atoms with E-state index < -0.39 is 11.9 Å². The Kier molecular flexibility index (Phi) is 4.71. The van der Waals surface area contributed by atoms with Gasteiger partial charge in [-0.15, -0.1) is 0 Å². The van der Waals surface area contributed by atoms with Crippen LogP contribution < -0.4 is 10.5 Å². The average molecular weight is 307 g/mol. The van der Waals surface area contributed by atoms with Gasteiger partial charge in [-0.1, -0.05) is 0 Å². The number of hydrogen-bond donors (Lipinski definition) is 1. The van der Waals surface area contributed by atoms with Crippen molar-refractivity contribution in [3.05, 3.63) is 35.9 Å². The van der Waals surface area contributed by atoms with Gasteiger partial charge in [0.15, 0.2) is 11.6 Å². The number of pyridine rings is 1. The van der Waals surface area contributed by atoms with Gasteiger partial charge in [0.25, 0.3) is 0 Å². The molecule has 2 N–H and O–H groups in total. The van der Waals surface area contributed by atoms with Crippen LogP contribution in [0.25, 0.3) is 5.52 Å². The van der Waals surface area contributed by atoms with Gasteiger partial charge in [-0.2, -0.15) is 0 Å². The number of aromatic nitrogens is 1. The minimum absolute atomic E-state index is 0.0577. The zero-order valence-electron chi connectivity index (χ0n) is 13.3. The maximum atomic E-state index is 13.9. The van der Waals surface area contributed by atoms with Gasteiger partial charge >= 0.3 is 0 Å². The van der Waals surface area contributed by atoms with Gasteiger partial charge in [-0.05, 0) is 38.0 Å². The standard InChI is InChI=1S/C16H22FN3O2/c1-10(19(3)16(21)11(2)18)9-12-5-7-20-8-6-13(17)15(22-4)14(12)20/h5-8,10-11H,9,18H2,1-4H3/t10?,11-/m0/s1. The number of fused-ring (bicyclic) bond motifs is 1. The number of ether oxygens (including phenoxy) is 1. The molecule has 2 aromatic rings. The second-order valence-corrected chi connectivity index (χ2v) is 5.58. The highest BCUT2D eigenvalue weighted by Gasteiger charge is 2.21. The van der Waals surface area contributed by atoms with E-state index in [-0.39, 0.29) is 17.7 Å². The summed E-state index contributed by atoms with van der Waals surface area (Å²) in [4.78, 5) is 13.6. The molecule has 0 radical (unpaired) electrons. The topological polar surface area (TPSA) is 60.0 Å². The second kappa shape index (κ2) is 6.36. The lowest BCUT2D eigenvalue weighted by molar-refractivity contribution is -0.132. The molecule has 2 rings (SSSR count). The van der Waals surface area contributed by atoms with E-state index >= 15 is 0 Å². The van der Waals surface area contributed by atoms with Gasteiger partial charge in [-0.25, -0.2) is 4.39 Å². The molecule has 6 heteroatoms. The van der Waals surface area contributed by atoms with E-state index in [4.69, 9.17) is 10.5 Å². The maximum Gasteiger partial charge on any atom is 0.239 e. The SMILES string of the molecule is COc1c(F)ccn2ccc(CC(C)N(C)C(=O)[C@H](C)N)c12. The Morgan fingerprint density at radius 1 is 1.41 bits per heavy atom. The molecular weight excluding hydrogens is 285 g/mol. The van der Waals surface area contributed by atoms with Crippen LogP contribution in [0, 0.1) is 5.82 Å². The van der Waals surface area contributed by atoms with E-state index in [0.29, 0.717) is 11.9 Å². The molecule has 0 aliphatic heterocycles. The van der Waals surface area contributed by atoms with Crippen molar-refractivity contribution in [2.24, 2.45) is 5.73 Å². The fourth-order valence-electron chi connectivity index (χ4n) is 2.56. The number of nitrogens with two attached hydrogens (primary N) is 1. The van der Waals surface area contributed by atoms with Crippen LogP contribution in [0.4, 0.5) is 4.39 Å². The largest absolute Gasteiger partial charge is 0.492 e. The zero-order chi connectivity index (χ0) is 16.4. The van der Waals surface area contributed by atoms with Crippen LogP contribution in [-0.4, -0.2) is 41.4 Å². The van der Waals surface area contributed by atoms with Crippen LogP contribution in [-0.2, 0) is 11.2 Å². The van der Waals surface area contributed by atoms with Gasteiger partial charge in [-0.3, -0.25) is 4.79 Å². The summed E-state index contributed by atoms with van der Waals surface area (Å²) in [6.07, 6.45) is 4.09. The Hall–Kier alpha value is -2.08. The molecule has 0 aromatic carbocycles. The molecule has 5 nitrogen and oxygen atoms in total. The first-order valence-electron chi connectivity index (χ1n) is 7.21. The van der Waals surface area contributed by atoms with Crippen molar-refractivity contribution in [3.63, 3.8) is 0 Å². The summed E-state index contributed by atoms with van der Waals surface area (Å²) in [6, 6.07) is 2.69. The number of methoxy groups -OCH3 is 1. The number of rotatable bonds is 5. The predicted octanol–water partition coefficient (Wildman–Crippen LogP) is 1.82. The van der Waals surface area contributed by atoms with E-state index in [1.807, 2.05) is 23.6 Å². The molecule has 0 aliphatic rings. The first-order chi connectivity index (χ1) is 10.4. The molecule has 1 amide bonds. The molecule has 2 atom stereocenters. The van der Waals surface area contributed by atoms with Crippen LogP contribution in [0.5, 0.6) is 5.75 Å². The summed E-state index contributed by atoms with van der Waals surface area (Å²) >= 11 is 0. The number of likely N-dealkylation sites (N-methyl/N-ethyl adjacent to an activating group) is 1. The summed E-state index contributed by atoms with van der Waals surface area (Å²) in [5.41, 5.74) is 7.25. The number of nitrogens with zero attached hydrogens (tertiary/aromatic N) is 2. The van der Waals surface area contributed by atoms with Crippen LogP contribution in [0.2, 0.25) is 0 Å². The third kappa shape index (κ3) is 2.92. The summed E-state index contributed by atoms with van der Waals surface area (Å²) in [5, 5.41) is 0. The average Bonchev–Trinajstić information content (AvgIpc) is 2.88. The molecule has 0 fully saturated rings. The quantitative estimate of drug-likeness (QED) is 0.916. The van der Waals surface area contributed by atoms with Crippen molar-refractivity contribution in [2.75, 3.05) is 14.2 Å². The minimum Gasteiger partial charge on any atom is -0.492 e. The predicted molar refractivity (Wildman–Crippen MR) is 83.5 cm³/mol. The normalized spacial score (nSPS) is 13.9. The van der Waals surface area contributed by atoms with E-state index in [0.717, 1.165) is 5.56 Å². The van der Waals surface area contributed by atoms with Gasteiger partial charge in [0.1, 0.15) is 0 Å². The fraction of sp³-hybridized carbons (Fsp3) is 0.438. The molecule has 0 bridgehead atoms. The Morgan fingerprint density at radius 2 is 2.05 bits per heavy atom. The van der Waals surface area contributed by atoms with E-state index in [9.17, 15) is 9.18 Å². The molecule has 1 unspecified atom stereocenters. The number of carbonyl (C=O) groups excluding carboxylic acids is 1. The van der Waals surface area contributed by atoms with Crippen molar-refractivity contribution in [3.8, 4) is 5.75 Å². The highest BCUT2D eigenvalue weighted by molar-refractivity contribution is 5.81. The van der Waals surface area contributed by atoms with Crippen molar-refractivity contribution in [1.29, 1.82) is 0 Å². The summed E-state index contributed by atoms with van der Waals surface area (Å²) < 4.78 is 20.9. The number of halogens is 1. The van der Waals surface area contributed by atoms with Gasteiger partial charge in [0, 0.05) is 25.5 Å². The van der Waals surface area contributed by atoms with E-state index in [2.05, 4.69) is 0 Å². The molecule has 0 spiro atoms. The molecule has 0 saturated heterocycles. The number of amides is 1. The number of carbonyl (C=O) groups is 1. The maximum absolute atomic E-state index is 13.9. The first kappa shape index (κ1) is 16.3. The van der Waals surface area contributed by atoms with Crippen LogP contribution >= 0.6 is 0 Å². The summed E-state index contributed by atoms with van der Waals surface area (Å²) in [6.45, 7) is 3.60. The molecular formula is C16H22FN3O2. The van der Waals surface area contributed by atoms with Gasteiger partial charge in [0.2, 0.25) is 5.91 Å². The van der Waals surface area contributed by atoms with E-state index in [1.54, 1.807) is 25.1 Å². The third-order valence-electron chi connectivity index (χ3n) is 3.93. The molecule has 120 valence electrons. The Labute approximate surface area is 129 Å². The highest BCUT2D eigenvalue weighted by Crippen LogP contribution is 2.28. The van der Waals surface area contributed by atoms with Crippen molar-refractivity contribution >= 4 is 11.4 Å². The molecule has 22 heavy (non-hydrogen) atoms. The Balaban J connectivity index is 2.32. The Bertz CT molecular complexity index is 681. The van der Waals surface area contributed by atoms with Gasteiger partial charge < -0.3 is 19.8 Å². The van der Waals surface area contributed by atoms with Crippen molar-refractivity contribution in [1.82, 2.24) is 9.30 Å². The molecule has 2 aromatic heterocycles. The van der Waals surface area contributed by atoms with Crippen LogP contribution in [0.1, 0.15) is 19.4 Å². The molecule has 0 saturated carbocycles. The summed E-state index contributed by atoms with van der Waals surface area (Å²) in [7, 11) is 3.18. The smallest absolute Gasteiger partial charge is 0.239 e. The minimum atomic E-state index is -0.537. The van der Waals surface area contributed by atoms with E-state index in [1.165, 1.54) is 13.2 Å². The lowest BCUT2D eigenvalue weighted by atomic mass is 10.1. The fourth-order valence-corrected chi connectivity index (χ4v) is 2.56. The first-order valence-corrected chi connectivity index (χ1v) is 7.21. The lowest BCUT2D eigenvalue weighted by Gasteiger charge is -2.26. The zero-order valence-corrected chi connectivity index (χ0v) is 13.3. The monoisotopic (exact) mass is 307 g/mol. The number of hydrogen-bond acceptors (Lipinski definition) is 3. The third-order valence-corrected chi connectivity index (χ3v) is 3.93. The van der Waals surface area contributed by atoms with Gasteiger partial charge in [0.05, 0.1) is 18.7 Å². The van der Waals surface area contributed by atoms with Crippen LogP contribution in [0.3, 0.4) is 0 Å². The van der Waals surface area contributed by atoms with Crippen molar-refractivity contribution in [2.45, 2.75) is 32.4 Å².